The van der Waals surface area contributed by atoms with Crippen LogP contribution in [0.2, 0.25) is 5.02 Å². The maximum atomic E-state index is 13.8. The number of rotatable bonds is 6. The number of esters is 1. The molecule has 150 valence electrons. The molecule has 1 fully saturated rings. The van der Waals surface area contributed by atoms with Gasteiger partial charge in [0.25, 0.3) is 5.91 Å². The number of aryl methyl sites for hydroxylation is 1. The van der Waals surface area contributed by atoms with Crippen LogP contribution in [0.15, 0.2) is 36.5 Å². The molecule has 0 N–H and O–H groups in total. The number of hydrogen-bond donors (Lipinski definition) is 0. The second-order valence-electron chi connectivity index (χ2n) is 7.04. The van der Waals surface area contributed by atoms with Gasteiger partial charge >= 0.3 is 5.97 Å². The van der Waals surface area contributed by atoms with E-state index in [0.29, 0.717) is 18.7 Å². The van der Waals surface area contributed by atoms with E-state index in [1.165, 1.54) is 12.1 Å². The zero-order valence-corrected chi connectivity index (χ0v) is 16.6. The molecule has 1 aromatic heterocycles. The lowest BCUT2D eigenvalue weighted by atomic mass is 9.99. The Morgan fingerprint density at radius 2 is 2.07 bits per heavy atom. The summed E-state index contributed by atoms with van der Waals surface area (Å²) < 4.78 is 20.9. The summed E-state index contributed by atoms with van der Waals surface area (Å²) in [4.78, 5) is 26.8. The molecule has 1 aromatic carbocycles. The number of halogens is 2. The monoisotopic (exact) mass is 406 g/mol. The quantitative estimate of drug-likeness (QED) is 0.681. The minimum absolute atomic E-state index is 0.00154. The largest absolute Gasteiger partial charge is 0.465 e. The lowest BCUT2D eigenvalue weighted by molar-refractivity contribution is -0.143. The highest BCUT2D eigenvalue weighted by Crippen LogP contribution is 2.23. The summed E-state index contributed by atoms with van der Waals surface area (Å²) in [5.41, 5.74) is 0.797. The molecule has 0 radical (unpaired) electrons. The minimum atomic E-state index is -0.525. The van der Waals surface area contributed by atoms with Crippen molar-refractivity contribution in [1.29, 1.82) is 0 Å². The van der Waals surface area contributed by atoms with Crippen molar-refractivity contribution in [3.8, 4) is 0 Å². The molecule has 0 unspecified atom stereocenters. The first-order valence-corrected chi connectivity index (χ1v) is 9.86. The highest BCUT2D eigenvalue weighted by atomic mass is 35.5. The Balaban J connectivity index is 1.54. The van der Waals surface area contributed by atoms with E-state index in [-0.39, 0.29) is 35.6 Å². The van der Waals surface area contributed by atoms with Gasteiger partial charge in [0.05, 0.1) is 13.0 Å². The third-order valence-electron chi connectivity index (χ3n) is 5.15. The molecule has 2 aromatic rings. The van der Waals surface area contributed by atoms with Gasteiger partial charge in [-0.2, -0.15) is 0 Å². The van der Waals surface area contributed by atoms with Gasteiger partial charge in [-0.3, -0.25) is 9.59 Å². The molecule has 3 rings (SSSR count). The Morgan fingerprint density at radius 1 is 1.25 bits per heavy atom. The Labute approximate surface area is 169 Å². The Kier molecular flexibility index (Phi) is 6.73. The molecule has 7 heteroatoms. The van der Waals surface area contributed by atoms with Crippen LogP contribution < -0.4 is 0 Å². The van der Waals surface area contributed by atoms with Gasteiger partial charge in [-0.15, -0.1) is 0 Å². The summed E-state index contributed by atoms with van der Waals surface area (Å²) in [6, 6.07) is 7.99. The molecular weight excluding hydrogens is 383 g/mol. The smallest absolute Gasteiger partial charge is 0.310 e. The van der Waals surface area contributed by atoms with Gasteiger partial charge in [0.15, 0.2) is 0 Å². The van der Waals surface area contributed by atoms with E-state index in [9.17, 15) is 14.0 Å². The number of nitrogens with zero attached hydrogens (tertiary/aromatic N) is 2. The number of likely N-dealkylation sites (tertiary alicyclic amines) is 1. The zero-order chi connectivity index (χ0) is 20.1. The van der Waals surface area contributed by atoms with Crippen LogP contribution in [-0.4, -0.2) is 40.5 Å². The van der Waals surface area contributed by atoms with Crippen molar-refractivity contribution in [2.24, 2.45) is 7.05 Å². The van der Waals surface area contributed by atoms with Gasteiger partial charge in [-0.25, -0.2) is 4.39 Å². The Morgan fingerprint density at radius 3 is 2.79 bits per heavy atom. The highest BCUT2D eigenvalue weighted by Gasteiger charge is 2.28. The average Bonchev–Trinajstić information content (AvgIpc) is 3.11. The number of carbonyl (C=O) groups is 2. The third kappa shape index (κ3) is 4.73. The average molecular weight is 407 g/mol. The lowest BCUT2D eigenvalue weighted by Gasteiger charge is -2.35. The molecule has 2 heterocycles. The first-order chi connectivity index (χ1) is 13.5. The van der Waals surface area contributed by atoms with Crippen LogP contribution in [0, 0.1) is 5.82 Å². The molecule has 0 saturated carbocycles. The Hall–Kier alpha value is -2.34. The van der Waals surface area contributed by atoms with E-state index in [4.69, 9.17) is 16.3 Å². The molecular formula is C21H24ClFN2O3. The van der Waals surface area contributed by atoms with Gasteiger partial charge in [0.2, 0.25) is 0 Å². The van der Waals surface area contributed by atoms with Gasteiger partial charge in [-0.05, 0) is 43.5 Å². The molecule has 5 nitrogen and oxygen atoms in total. The summed E-state index contributed by atoms with van der Waals surface area (Å²) in [7, 11) is 1.85. The topological polar surface area (TPSA) is 51.5 Å². The molecule has 1 amide bonds. The van der Waals surface area contributed by atoms with E-state index < -0.39 is 11.8 Å². The third-order valence-corrected chi connectivity index (χ3v) is 5.50. The van der Waals surface area contributed by atoms with Crippen molar-refractivity contribution in [3.63, 3.8) is 0 Å². The Bertz CT molecular complexity index is 832. The van der Waals surface area contributed by atoms with Crippen LogP contribution in [0.4, 0.5) is 4.39 Å². The van der Waals surface area contributed by atoms with Crippen molar-refractivity contribution in [1.82, 2.24) is 9.47 Å². The summed E-state index contributed by atoms with van der Waals surface area (Å²) in [6.07, 6.45) is 5.10. The summed E-state index contributed by atoms with van der Waals surface area (Å²) >= 11 is 5.95. The number of amides is 1. The van der Waals surface area contributed by atoms with Crippen molar-refractivity contribution in [2.45, 2.75) is 38.1 Å². The number of aromatic nitrogens is 1. The predicted octanol–water partition coefficient (Wildman–Crippen LogP) is 3.99. The predicted molar refractivity (Wildman–Crippen MR) is 105 cm³/mol. The standard InChI is InChI=1S/C21H24ClFN2O3/c1-24-11-5-9-19(24)21(27)25-12-3-2-6-15(25)10-13-28-20(26)14-16-17(22)7-4-8-18(16)23/h4-5,7-9,11,15H,2-3,6,10,12-14H2,1H3/t15-/m1/s1. The first-order valence-electron chi connectivity index (χ1n) is 9.48. The van der Waals surface area contributed by atoms with Crippen LogP contribution in [-0.2, 0) is 23.0 Å². The maximum absolute atomic E-state index is 13.8. The summed E-state index contributed by atoms with van der Waals surface area (Å²) in [6.45, 7) is 0.889. The van der Waals surface area contributed by atoms with E-state index in [1.54, 1.807) is 6.07 Å². The van der Waals surface area contributed by atoms with E-state index in [2.05, 4.69) is 0 Å². The second-order valence-corrected chi connectivity index (χ2v) is 7.45. The van der Waals surface area contributed by atoms with Crippen molar-refractivity contribution >= 4 is 23.5 Å². The summed E-state index contributed by atoms with van der Waals surface area (Å²) in [5, 5.41) is 0.212. The molecule has 0 aliphatic carbocycles. The molecule has 1 atom stereocenters. The SMILES string of the molecule is Cn1cccc1C(=O)N1CCCC[C@@H]1CCOC(=O)Cc1c(F)cccc1Cl. The van der Waals surface area contributed by atoms with Crippen molar-refractivity contribution in [2.75, 3.05) is 13.2 Å². The number of piperidine rings is 1. The van der Waals surface area contributed by atoms with Gasteiger partial charge in [0.1, 0.15) is 11.5 Å². The van der Waals surface area contributed by atoms with Crippen molar-refractivity contribution < 1.29 is 18.7 Å². The van der Waals surface area contributed by atoms with E-state index in [0.717, 1.165) is 19.3 Å². The normalized spacial score (nSPS) is 16.8. The molecule has 28 heavy (non-hydrogen) atoms. The van der Waals surface area contributed by atoms with Gasteiger partial charge in [-0.1, -0.05) is 17.7 Å². The van der Waals surface area contributed by atoms with Crippen LogP contribution >= 0.6 is 11.6 Å². The number of hydrogen-bond acceptors (Lipinski definition) is 3. The van der Waals surface area contributed by atoms with E-state index >= 15 is 0 Å². The molecule has 0 bridgehead atoms. The number of ether oxygens (including phenoxy) is 1. The number of carbonyl (C=O) groups excluding carboxylic acids is 2. The first kappa shape index (κ1) is 20.4. The summed E-state index contributed by atoms with van der Waals surface area (Å²) in [5.74, 6) is -1.04. The second kappa shape index (κ2) is 9.24. The van der Waals surface area contributed by atoms with E-state index in [1.807, 2.05) is 34.8 Å². The fourth-order valence-corrected chi connectivity index (χ4v) is 3.83. The zero-order valence-electron chi connectivity index (χ0n) is 15.9. The highest BCUT2D eigenvalue weighted by molar-refractivity contribution is 6.31. The van der Waals surface area contributed by atoms with Crippen LogP contribution in [0.25, 0.3) is 0 Å². The lowest BCUT2D eigenvalue weighted by Crippen LogP contribution is -2.44. The minimum Gasteiger partial charge on any atom is -0.465 e. The molecule has 1 aliphatic heterocycles. The molecule has 1 aliphatic rings. The number of benzene rings is 1. The maximum Gasteiger partial charge on any atom is 0.310 e. The fourth-order valence-electron chi connectivity index (χ4n) is 3.60. The molecule has 1 saturated heterocycles. The van der Waals surface area contributed by atoms with Gasteiger partial charge in [0, 0.05) is 42.8 Å². The fraction of sp³-hybridized carbons (Fsp3) is 0.429. The van der Waals surface area contributed by atoms with Crippen molar-refractivity contribution in [3.05, 3.63) is 58.6 Å². The van der Waals surface area contributed by atoms with Crippen LogP contribution in [0.1, 0.15) is 41.7 Å². The van der Waals surface area contributed by atoms with Crippen LogP contribution in [0.5, 0.6) is 0 Å². The van der Waals surface area contributed by atoms with Gasteiger partial charge < -0.3 is 14.2 Å². The van der Waals surface area contributed by atoms with Crippen LogP contribution in [0.3, 0.4) is 0 Å². The molecule has 0 spiro atoms.